The number of aryl methyl sites for hydroxylation is 2. The average Bonchev–Trinajstić information content (AvgIpc) is 2.39. The van der Waals surface area contributed by atoms with Crippen LogP contribution in [0, 0.1) is 6.92 Å². The van der Waals surface area contributed by atoms with Gasteiger partial charge in [-0.3, -0.25) is 9.97 Å². The Morgan fingerprint density at radius 3 is 2.72 bits per heavy atom. The van der Waals surface area contributed by atoms with E-state index in [2.05, 4.69) is 35.1 Å². The molecule has 0 spiro atoms. The van der Waals surface area contributed by atoms with E-state index in [0.29, 0.717) is 0 Å². The van der Waals surface area contributed by atoms with E-state index in [9.17, 15) is 0 Å². The van der Waals surface area contributed by atoms with Crippen molar-refractivity contribution in [2.75, 3.05) is 0 Å². The van der Waals surface area contributed by atoms with Gasteiger partial charge in [0.1, 0.15) is 0 Å². The van der Waals surface area contributed by atoms with Crippen molar-refractivity contribution in [3.63, 3.8) is 0 Å². The minimum Gasteiger partial charge on any atom is -0.319 e. The topological polar surface area (TPSA) is 51.8 Å². The highest BCUT2D eigenvalue weighted by atomic mass is 14.8. The summed E-state index contributed by atoms with van der Waals surface area (Å²) in [6.07, 6.45) is 5.74. The first-order chi connectivity index (χ1) is 8.70. The molecule has 1 atom stereocenters. The summed E-state index contributed by atoms with van der Waals surface area (Å²) in [5.74, 6) is 0. The second-order valence-corrected chi connectivity index (χ2v) is 4.56. The van der Waals surface area contributed by atoms with Crippen molar-refractivity contribution >= 4 is 0 Å². The molecule has 0 aliphatic carbocycles. The average molecular weight is 241 g/mol. The highest BCUT2D eigenvalue weighted by molar-refractivity contribution is 5.30. The van der Waals surface area contributed by atoms with Crippen molar-refractivity contribution in [1.82, 2.24) is 9.97 Å². The van der Waals surface area contributed by atoms with Crippen LogP contribution >= 0.6 is 0 Å². The van der Waals surface area contributed by atoms with Crippen LogP contribution in [0.4, 0.5) is 0 Å². The van der Waals surface area contributed by atoms with Gasteiger partial charge in [-0.2, -0.15) is 0 Å². The fraction of sp³-hybridized carbons (Fsp3) is 0.333. The Morgan fingerprint density at radius 1 is 1.22 bits per heavy atom. The Morgan fingerprint density at radius 2 is 2.06 bits per heavy atom. The van der Waals surface area contributed by atoms with E-state index in [1.165, 1.54) is 5.56 Å². The lowest BCUT2D eigenvalue weighted by molar-refractivity contribution is 0.808. The summed E-state index contributed by atoms with van der Waals surface area (Å²) in [5, 5.41) is 0. The summed E-state index contributed by atoms with van der Waals surface area (Å²) in [5.41, 5.74) is 10.4. The molecular weight excluding hydrogens is 222 g/mol. The predicted molar refractivity (Wildman–Crippen MR) is 73.2 cm³/mol. The first-order valence-electron chi connectivity index (χ1n) is 6.33. The van der Waals surface area contributed by atoms with Gasteiger partial charge in [-0.05, 0) is 24.5 Å². The standard InChI is InChI=1S/C15H19N3/c1-3-5-12-6-4-7-13(8-12)15(16)14-10-17-11(2)9-18-14/h4,6-10,15H,3,5,16H2,1-2H3. The molecule has 2 N–H and O–H groups in total. The monoisotopic (exact) mass is 241 g/mol. The first kappa shape index (κ1) is 12.7. The quantitative estimate of drug-likeness (QED) is 0.895. The number of benzene rings is 1. The van der Waals surface area contributed by atoms with Gasteiger partial charge in [-0.1, -0.05) is 37.6 Å². The zero-order valence-electron chi connectivity index (χ0n) is 10.9. The maximum Gasteiger partial charge on any atom is 0.0799 e. The van der Waals surface area contributed by atoms with Crippen LogP contribution in [-0.2, 0) is 6.42 Å². The summed E-state index contributed by atoms with van der Waals surface area (Å²) >= 11 is 0. The van der Waals surface area contributed by atoms with E-state index < -0.39 is 0 Å². The fourth-order valence-corrected chi connectivity index (χ4v) is 1.96. The number of rotatable bonds is 4. The second kappa shape index (κ2) is 5.74. The van der Waals surface area contributed by atoms with Crippen molar-refractivity contribution in [2.24, 2.45) is 5.73 Å². The molecule has 3 nitrogen and oxygen atoms in total. The molecule has 1 aromatic carbocycles. The Labute approximate surface area is 108 Å². The summed E-state index contributed by atoms with van der Waals surface area (Å²) in [4.78, 5) is 8.58. The molecule has 0 bridgehead atoms. The third-order valence-corrected chi connectivity index (χ3v) is 2.97. The smallest absolute Gasteiger partial charge is 0.0799 e. The van der Waals surface area contributed by atoms with Crippen molar-refractivity contribution in [3.05, 3.63) is 59.2 Å². The lowest BCUT2D eigenvalue weighted by atomic mass is 10.0. The van der Waals surface area contributed by atoms with Gasteiger partial charge in [-0.25, -0.2) is 0 Å². The highest BCUT2D eigenvalue weighted by Gasteiger charge is 2.10. The lowest BCUT2D eigenvalue weighted by Gasteiger charge is -2.12. The second-order valence-electron chi connectivity index (χ2n) is 4.56. The lowest BCUT2D eigenvalue weighted by Crippen LogP contribution is -2.14. The molecule has 2 aromatic rings. The van der Waals surface area contributed by atoms with E-state index in [-0.39, 0.29) is 6.04 Å². The van der Waals surface area contributed by atoms with E-state index in [1.807, 2.05) is 13.0 Å². The van der Waals surface area contributed by atoms with Gasteiger partial charge < -0.3 is 5.73 Å². The first-order valence-corrected chi connectivity index (χ1v) is 6.33. The van der Waals surface area contributed by atoms with Crippen LogP contribution in [0.25, 0.3) is 0 Å². The number of nitrogens with zero attached hydrogens (tertiary/aromatic N) is 2. The summed E-state index contributed by atoms with van der Waals surface area (Å²) in [7, 11) is 0. The maximum absolute atomic E-state index is 6.23. The van der Waals surface area contributed by atoms with Crippen LogP contribution in [0.2, 0.25) is 0 Å². The van der Waals surface area contributed by atoms with Crippen LogP contribution in [0.1, 0.15) is 41.9 Å². The van der Waals surface area contributed by atoms with Crippen molar-refractivity contribution in [3.8, 4) is 0 Å². The SMILES string of the molecule is CCCc1cccc(C(N)c2cnc(C)cn2)c1. The molecular formula is C15H19N3. The largest absolute Gasteiger partial charge is 0.319 e. The maximum atomic E-state index is 6.23. The predicted octanol–water partition coefficient (Wildman–Crippen LogP) is 2.79. The highest BCUT2D eigenvalue weighted by Crippen LogP contribution is 2.18. The van der Waals surface area contributed by atoms with Gasteiger partial charge in [0.05, 0.1) is 23.6 Å². The van der Waals surface area contributed by atoms with Crippen molar-refractivity contribution in [2.45, 2.75) is 32.7 Å². The van der Waals surface area contributed by atoms with Crippen LogP contribution in [0.3, 0.4) is 0 Å². The van der Waals surface area contributed by atoms with E-state index in [0.717, 1.165) is 29.8 Å². The molecule has 1 aromatic heterocycles. The molecule has 18 heavy (non-hydrogen) atoms. The third-order valence-electron chi connectivity index (χ3n) is 2.97. The van der Waals surface area contributed by atoms with Gasteiger partial charge >= 0.3 is 0 Å². The van der Waals surface area contributed by atoms with Gasteiger partial charge in [0, 0.05) is 6.20 Å². The van der Waals surface area contributed by atoms with Crippen LogP contribution in [-0.4, -0.2) is 9.97 Å². The van der Waals surface area contributed by atoms with Crippen LogP contribution in [0.15, 0.2) is 36.7 Å². The van der Waals surface area contributed by atoms with Gasteiger partial charge in [0.15, 0.2) is 0 Å². The zero-order valence-corrected chi connectivity index (χ0v) is 10.9. The molecule has 0 saturated carbocycles. The minimum absolute atomic E-state index is 0.199. The molecule has 0 aliphatic rings. The normalized spacial score (nSPS) is 12.4. The molecule has 0 amide bonds. The minimum atomic E-state index is -0.199. The Kier molecular flexibility index (Phi) is 4.05. The molecule has 0 fully saturated rings. The number of hydrogen-bond donors (Lipinski definition) is 1. The molecule has 94 valence electrons. The number of aromatic nitrogens is 2. The van der Waals surface area contributed by atoms with Crippen molar-refractivity contribution in [1.29, 1.82) is 0 Å². The Balaban J connectivity index is 2.24. The summed E-state index contributed by atoms with van der Waals surface area (Å²) < 4.78 is 0. The van der Waals surface area contributed by atoms with Gasteiger partial charge in [-0.15, -0.1) is 0 Å². The molecule has 0 aliphatic heterocycles. The molecule has 0 saturated heterocycles. The zero-order chi connectivity index (χ0) is 13.0. The number of hydrogen-bond acceptors (Lipinski definition) is 3. The van der Waals surface area contributed by atoms with E-state index in [1.54, 1.807) is 12.4 Å². The van der Waals surface area contributed by atoms with Crippen molar-refractivity contribution < 1.29 is 0 Å². The van der Waals surface area contributed by atoms with Gasteiger partial charge in [0.25, 0.3) is 0 Å². The van der Waals surface area contributed by atoms with Crippen LogP contribution < -0.4 is 5.73 Å². The third kappa shape index (κ3) is 2.93. The summed E-state index contributed by atoms with van der Waals surface area (Å²) in [6.45, 7) is 4.10. The molecule has 1 unspecified atom stereocenters. The molecule has 2 rings (SSSR count). The van der Waals surface area contributed by atoms with E-state index >= 15 is 0 Å². The molecule has 1 heterocycles. The summed E-state index contributed by atoms with van der Waals surface area (Å²) in [6, 6.07) is 8.21. The van der Waals surface area contributed by atoms with Gasteiger partial charge in [0.2, 0.25) is 0 Å². The van der Waals surface area contributed by atoms with Crippen LogP contribution in [0.5, 0.6) is 0 Å². The molecule has 0 radical (unpaired) electrons. The number of nitrogens with two attached hydrogens (primary N) is 1. The fourth-order valence-electron chi connectivity index (χ4n) is 1.96. The Hall–Kier alpha value is -1.74. The molecule has 3 heteroatoms. The Bertz CT molecular complexity index is 505. The van der Waals surface area contributed by atoms with E-state index in [4.69, 9.17) is 5.73 Å².